The Hall–Kier alpha value is -1.94. The fourth-order valence-corrected chi connectivity index (χ4v) is 2.21. The van der Waals surface area contributed by atoms with E-state index in [4.69, 9.17) is 0 Å². The summed E-state index contributed by atoms with van der Waals surface area (Å²) < 4.78 is 0. The Labute approximate surface area is 104 Å². The molecule has 0 aliphatic carbocycles. The molecular formula is C13H12N2OS. The highest BCUT2D eigenvalue weighted by molar-refractivity contribution is 7.15. The Kier molecular flexibility index (Phi) is 3.67. The van der Waals surface area contributed by atoms with Crippen molar-refractivity contribution in [2.24, 2.45) is 0 Å². The molecule has 0 saturated carbocycles. The molecule has 86 valence electrons. The molecular weight excluding hydrogens is 232 g/mol. The predicted molar refractivity (Wildman–Crippen MR) is 69.6 cm³/mol. The number of benzene rings is 1. The lowest BCUT2D eigenvalue weighted by Crippen LogP contribution is -2.19. The van der Waals surface area contributed by atoms with Crippen LogP contribution >= 0.6 is 11.3 Å². The van der Waals surface area contributed by atoms with E-state index in [2.05, 4.69) is 16.9 Å². The van der Waals surface area contributed by atoms with Gasteiger partial charge in [-0.15, -0.1) is 11.3 Å². The topological polar surface area (TPSA) is 42.0 Å². The van der Waals surface area contributed by atoms with E-state index in [0.29, 0.717) is 6.54 Å². The maximum atomic E-state index is 11.0. The van der Waals surface area contributed by atoms with Gasteiger partial charge in [-0.2, -0.15) is 0 Å². The van der Waals surface area contributed by atoms with Crippen LogP contribution in [0.2, 0.25) is 0 Å². The maximum Gasteiger partial charge on any atom is 0.243 e. The minimum Gasteiger partial charge on any atom is -0.348 e. The summed E-state index contributed by atoms with van der Waals surface area (Å²) >= 11 is 1.58. The van der Waals surface area contributed by atoms with Crippen molar-refractivity contribution in [3.63, 3.8) is 0 Å². The van der Waals surface area contributed by atoms with Crippen LogP contribution in [0.5, 0.6) is 0 Å². The van der Waals surface area contributed by atoms with Crippen molar-refractivity contribution in [3.05, 3.63) is 54.1 Å². The third kappa shape index (κ3) is 3.01. The lowest BCUT2D eigenvalue weighted by molar-refractivity contribution is -0.116. The van der Waals surface area contributed by atoms with Crippen molar-refractivity contribution in [1.82, 2.24) is 10.3 Å². The van der Waals surface area contributed by atoms with Crippen LogP contribution in [0.3, 0.4) is 0 Å². The molecule has 1 aromatic carbocycles. The number of carbonyl (C=O) groups is 1. The number of aromatic nitrogens is 1. The fourth-order valence-electron chi connectivity index (χ4n) is 1.35. The average Bonchev–Trinajstić information content (AvgIpc) is 2.86. The van der Waals surface area contributed by atoms with Crippen LogP contribution in [0.15, 0.2) is 49.2 Å². The van der Waals surface area contributed by atoms with Crippen molar-refractivity contribution < 1.29 is 4.79 Å². The van der Waals surface area contributed by atoms with E-state index in [9.17, 15) is 4.79 Å². The molecule has 1 aromatic heterocycles. The summed E-state index contributed by atoms with van der Waals surface area (Å²) in [6.07, 6.45) is 3.05. The van der Waals surface area contributed by atoms with Gasteiger partial charge >= 0.3 is 0 Å². The SMILES string of the molecule is C=CC(=O)NCc1cnc(-c2ccccc2)s1. The normalized spacial score (nSPS) is 9.88. The van der Waals surface area contributed by atoms with E-state index < -0.39 is 0 Å². The van der Waals surface area contributed by atoms with Gasteiger partial charge in [0.2, 0.25) is 5.91 Å². The standard InChI is InChI=1S/C13H12N2OS/c1-2-12(16)14-8-11-9-15-13(17-11)10-6-4-3-5-7-10/h2-7,9H,1,8H2,(H,14,16). The third-order valence-electron chi connectivity index (χ3n) is 2.20. The predicted octanol–water partition coefficient (Wildman–Crippen LogP) is 2.61. The first-order valence-corrected chi connectivity index (χ1v) is 6.01. The van der Waals surface area contributed by atoms with E-state index in [1.54, 1.807) is 17.5 Å². The molecule has 0 unspecified atom stereocenters. The molecule has 0 saturated heterocycles. The fraction of sp³-hybridized carbons (Fsp3) is 0.0769. The Morgan fingerprint density at radius 3 is 2.88 bits per heavy atom. The van der Waals surface area contributed by atoms with E-state index in [-0.39, 0.29) is 5.91 Å². The van der Waals surface area contributed by atoms with Crippen LogP contribution in [0.4, 0.5) is 0 Å². The Morgan fingerprint density at radius 2 is 2.18 bits per heavy atom. The Morgan fingerprint density at radius 1 is 1.41 bits per heavy atom. The van der Waals surface area contributed by atoms with Crippen LogP contribution < -0.4 is 5.32 Å². The number of hydrogen-bond acceptors (Lipinski definition) is 3. The summed E-state index contributed by atoms with van der Waals surface area (Å²) in [5.74, 6) is -0.167. The molecule has 2 aromatic rings. The minimum atomic E-state index is -0.167. The second-order valence-corrected chi connectivity index (χ2v) is 4.53. The van der Waals surface area contributed by atoms with Gasteiger partial charge in [-0.25, -0.2) is 4.98 Å². The van der Waals surface area contributed by atoms with Crippen LogP contribution in [-0.2, 0) is 11.3 Å². The molecule has 0 fully saturated rings. The summed E-state index contributed by atoms with van der Waals surface area (Å²) in [4.78, 5) is 16.4. The highest BCUT2D eigenvalue weighted by atomic mass is 32.1. The average molecular weight is 244 g/mol. The van der Waals surface area contributed by atoms with Gasteiger partial charge in [0.1, 0.15) is 5.01 Å². The van der Waals surface area contributed by atoms with Gasteiger partial charge in [0.25, 0.3) is 0 Å². The second-order valence-electron chi connectivity index (χ2n) is 3.42. The Balaban J connectivity index is 2.06. The zero-order valence-electron chi connectivity index (χ0n) is 9.22. The van der Waals surface area contributed by atoms with Gasteiger partial charge in [0, 0.05) is 16.6 Å². The monoisotopic (exact) mass is 244 g/mol. The molecule has 0 radical (unpaired) electrons. The van der Waals surface area contributed by atoms with Crippen LogP contribution in [0.1, 0.15) is 4.88 Å². The van der Waals surface area contributed by atoms with Crippen molar-refractivity contribution in [1.29, 1.82) is 0 Å². The van der Waals surface area contributed by atoms with Crippen LogP contribution in [0, 0.1) is 0 Å². The van der Waals surface area contributed by atoms with Gasteiger partial charge in [-0.05, 0) is 6.08 Å². The number of rotatable bonds is 4. The van der Waals surface area contributed by atoms with Gasteiger partial charge in [0.15, 0.2) is 0 Å². The van der Waals surface area contributed by atoms with Crippen LogP contribution in [-0.4, -0.2) is 10.9 Å². The largest absolute Gasteiger partial charge is 0.348 e. The first kappa shape index (κ1) is 11.5. The molecule has 1 heterocycles. The molecule has 4 heteroatoms. The third-order valence-corrected chi connectivity index (χ3v) is 3.24. The lowest BCUT2D eigenvalue weighted by atomic mass is 10.2. The van der Waals surface area contributed by atoms with Crippen molar-refractivity contribution in [2.45, 2.75) is 6.54 Å². The highest BCUT2D eigenvalue weighted by Gasteiger charge is 2.04. The molecule has 0 atom stereocenters. The number of carbonyl (C=O) groups excluding carboxylic acids is 1. The second kappa shape index (κ2) is 5.41. The van der Waals surface area contributed by atoms with Crippen molar-refractivity contribution in [2.75, 3.05) is 0 Å². The molecule has 2 rings (SSSR count). The molecule has 1 amide bonds. The number of thiazole rings is 1. The van der Waals surface area contributed by atoms with E-state index >= 15 is 0 Å². The Bertz CT molecular complexity index is 519. The van der Waals surface area contributed by atoms with Gasteiger partial charge in [-0.3, -0.25) is 4.79 Å². The zero-order valence-corrected chi connectivity index (χ0v) is 10.0. The number of amides is 1. The number of nitrogens with zero attached hydrogens (tertiary/aromatic N) is 1. The number of hydrogen-bond donors (Lipinski definition) is 1. The molecule has 0 aliphatic rings. The molecule has 17 heavy (non-hydrogen) atoms. The quantitative estimate of drug-likeness (QED) is 0.840. The van der Waals surface area contributed by atoms with E-state index in [1.165, 1.54) is 6.08 Å². The smallest absolute Gasteiger partial charge is 0.243 e. The number of nitrogens with one attached hydrogen (secondary N) is 1. The summed E-state index contributed by atoms with van der Waals surface area (Å²) in [5, 5.41) is 3.69. The van der Waals surface area contributed by atoms with E-state index in [0.717, 1.165) is 15.4 Å². The molecule has 3 nitrogen and oxygen atoms in total. The summed E-state index contributed by atoms with van der Waals surface area (Å²) in [6.45, 7) is 3.90. The molecule has 1 N–H and O–H groups in total. The van der Waals surface area contributed by atoms with Gasteiger partial charge in [0.05, 0.1) is 6.54 Å². The minimum absolute atomic E-state index is 0.167. The lowest BCUT2D eigenvalue weighted by Gasteiger charge is -1.97. The first-order valence-electron chi connectivity index (χ1n) is 5.20. The first-order chi connectivity index (χ1) is 8.29. The summed E-state index contributed by atoms with van der Waals surface area (Å²) in [5.41, 5.74) is 1.10. The highest BCUT2D eigenvalue weighted by Crippen LogP contribution is 2.24. The van der Waals surface area contributed by atoms with Crippen molar-refractivity contribution >= 4 is 17.2 Å². The molecule has 0 bridgehead atoms. The van der Waals surface area contributed by atoms with Crippen LogP contribution in [0.25, 0.3) is 10.6 Å². The molecule has 0 aliphatic heterocycles. The summed E-state index contributed by atoms with van der Waals surface area (Å²) in [6, 6.07) is 9.98. The van der Waals surface area contributed by atoms with Gasteiger partial charge in [-0.1, -0.05) is 36.9 Å². The maximum absolute atomic E-state index is 11.0. The van der Waals surface area contributed by atoms with Gasteiger partial charge < -0.3 is 5.32 Å². The van der Waals surface area contributed by atoms with Crippen molar-refractivity contribution in [3.8, 4) is 10.6 Å². The zero-order chi connectivity index (χ0) is 12.1. The molecule has 0 spiro atoms. The van der Waals surface area contributed by atoms with E-state index in [1.807, 2.05) is 30.3 Å². The summed E-state index contributed by atoms with van der Waals surface area (Å²) in [7, 11) is 0.